The van der Waals surface area contributed by atoms with Gasteiger partial charge in [0.15, 0.2) is 6.10 Å². The quantitative estimate of drug-likeness (QED) is 0.776. The lowest BCUT2D eigenvalue weighted by molar-refractivity contribution is -0.127. The van der Waals surface area contributed by atoms with Gasteiger partial charge in [0.25, 0.3) is 5.91 Å². The van der Waals surface area contributed by atoms with Crippen molar-refractivity contribution in [2.24, 2.45) is 0 Å². The lowest BCUT2D eigenvalue weighted by Gasteiger charge is -2.19. The van der Waals surface area contributed by atoms with Gasteiger partial charge in [0, 0.05) is 0 Å². The van der Waals surface area contributed by atoms with Gasteiger partial charge in [-0.05, 0) is 42.2 Å². The molecule has 0 radical (unpaired) electrons. The molecular weight excluding hydrogens is 314 g/mol. The summed E-state index contributed by atoms with van der Waals surface area (Å²) < 4.78 is 11.3. The van der Waals surface area contributed by atoms with Crippen molar-refractivity contribution in [3.63, 3.8) is 0 Å². The lowest BCUT2D eigenvalue weighted by atomic mass is 9.87. The van der Waals surface area contributed by atoms with Gasteiger partial charge in [-0.15, -0.1) is 0 Å². The number of carbonyl (C=O) groups excluding carboxylic acids is 1. The molecule has 0 fully saturated rings. The smallest absolute Gasteiger partial charge is 0.260 e. The van der Waals surface area contributed by atoms with Crippen LogP contribution in [0, 0.1) is 0 Å². The molecule has 0 aliphatic carbocycles. The molecule has 4 nitrogen and oxygen atoms in total. The number of para-hydroxylation sites is 1. The fourth-order valence-corrected chi connectivity index (χ4v) is 2.29. The number of rotatable bonds is 7. The molecule has 2 aromatic rings. The highest BCUT2D eigenvalue weighted by molar-refractivity contribution is 5.80. The van der Waals surface area contributed by atoms with E-state index in [0.29, 0.717) is 18.9 Å². The topological polar surface area (TPSA) is 47.6 Å². The van der Waals surface area contributed by atoms with Crippen LogP contribution in [0.3, 0.4) is 0 Å². The van der Waals surface area contributed by atoms with E-state index < -0.39 is 6.10 Å². The standard InChI is InChI=1S/C21H27NO3/c1-16(25-19-8-6-5-7-9-19)20(23)22-14-15-24-18-12-10-17(11-13-18)21(2,3)4/h5-13,16H,14-15H2,1-4H3,(H,22,23)/t16-/m1/s1. The monoisotopic (exact) mass is 341 g/mol. The molecule has 2 aromatic carbocycles. The highest BCUT2D eigenvalue weighted by atomic mass is 16.5. The fraction of sp³-hybridized carbons (Fsp3) is 0.381. The van der Waals surface area contributed by atoms with Gasteiger partial charge < -0.3 is 14.8 Å². The van der Waals surface area contributed by atoms with Crippen molar-refractivity contribution < 1.29 is 14.3 Å². The van der Waals surface area contributed by atoms with Gasteiger partial charge in [-0.25, -0.2) is 0 Å². The van der Waals surface area contributed by atoms with Crippen LogP contribution < -0.4 is 14.8 Å². The summed E-state index contributed by atoms with van der Waals surface area (Å²) >= 11 is 0. The lowest BCUT2D eigenvalue weighted by Crippen LogP contribution is -2.38. The Kier molecular flexibility index (Phi) is 6.45. The van der Waals surface area contributed by atoms with Crippen LogP contribution >= 0.6 is 0 Å². The molecule has 1 N–H and O–H groups in total. The van der Waals surface area contributed by atoms with Crippen LogP contribution in [-0.4, -0.2) is 25.2 Å². The van der Waals surface area contributed by atoms with Gasteiger partial charge in [0.05, 0.1) is 6.54 Å². The first-order valence-electron chi connectivity index (χ1n) is 8.59. The zero-order valence-electron chi connectivity index (χ0n) is 15.4. The molecule has 0 saturated carbocycles. The molecule has 0 unspecified atom stereocenters. The van der Waals surface area contributed by atoms with E-state index in [2.05, 4.69) is 38.2 Å². The second-order valence-corrected chi connectivity index (χ2v) is 6.99. The Morgan fingerprint density at radius 1 is 1.00 bits per heavy atom. The molecule has 1 atom stereocenters. The Balaban J connectivity index is 1.70. The van der Waals surface area contributed by atoms with Crippen molar-refractivity contribution in [2.75, 3.05) is 13.2 Å². The summed E-state index contributed by atoms with van der Waals surface area (Å²) in [7, 11) is 0. The average molecular weight is 341 g/mol. The molecule has 0 bridgehead atoms. The van der Waals surface area contributed by atoms with E-state index in [1.54, 1.807) is 6.92 Å². The minimum atomic E-state index is -0.548. The SMILES string of the molecule is C[C@@H](Oc1ccccc1)C(=O)NCCOc1ccc(C(C)(C)C)cc1. The maximum absolute atomic E-state index is 12.0. The number of hydrogen-bond acceptors (Lipinski definition) is 3. The molecule has 134 valence electrons. The predicted octanol–water partition coefficient (Wildman–Crippen LogP) is 3.95. The number of amides is 1. The molecule has 0 aromatic heterocycles. The first-order chi connectivity index (χ1) is 11.9. The van der Waals surface area contributed by atoms with Crippen molar-refractivity contribution in [1.82, 2.24) is 5.32 Å². The van der Waals surface area contributed by atoms with Crippen molar-refractivity contribution in [3.05, 3.63) is 60.2 Å². The Labute approximate surface area is 150 Å². The second kappa shape index (κ2) is 8.56. The van der Waals surface area contributed by atoms with Gasteiger partial charge in [-0.3, -0.25) is 4.79 Å². The summed E-state index contributed by atoms with van der Waals surface area (Å²) in [6.45, 7) is 9.11. The molecule has 1 amide bonds. The number of benzene rings is 2. The van der Waals surface area contributed by atoms with Crippen LogP contribution in [0.25, 0.3) is 0 Å². The Bertz CT molecular complexity index is 660. The summed E-state index contributed by atoms with van der Waals surface area (Å²) in [4.78, 5) is 12.0. The largest absolute Gasteiger partial charge is 0.492 e. The molecule has 0 spiro atoms. The third-order valence-corrected chi connectivity index (χ3v) is 3.82. The third-order valence-electron chi connectivity index (χ3n) is 3.82. The Morgan fingerprint density at radius 3 is 2.24 bits per heavy atom. The molecule has 0 saturated heterocycles. The number of nitrogens with one attached hydrogen (secondary N) is 1. The predicted molar refractivity (Wildman–Crippen MR) is 100 cm³/mol. The van der Waals surface area contributed by atoms with Gasteiger partial charge in [0.1, 0.15) is 18.1 Å². The van der Waals surface area contributed by atoms with E-state index >= 15 is 0 Å². The normalized spacial score (nSPS) is 12.3. The summed E-state index contributed by atoms with van der Waals surface area (Å²) in [5.41, 5.74) is 1.39. The molecule has 0 heterocycles. The van der Waals surface area contributed by atoms with E-state index in [-0.39, 0.29) is 11.3 Å². The maximum Gasteiger partial charge on any atom is 0.260 e. The van der Waals surface area contributed by atoms with E-state index in [1.807, 2.05) is 42.5 Å². The van der Waals surface area contributed by atoms with Gasteiger partial charge >= 0.3 is 0 Å². The first-order valence-corrected chi connectivity index (χ1v) is 8.59. The van der Waals surface area contributed by atoms with Crippen LogP contribution in [0.1, 0.15) is 33.3 Å². The summed E-state index contributed by atoms with van der Waals surface area (Å²) in [5, 5.41) is 2.82. The van der Waals surface area contributed by atoms with E-state index in [1.165, 1.54) is 5.56 Å². The first kappa shape index (κ1) is 18.8. The fourth-order valence-electron chi connectivity index (χ4n) is 2.29. The Morgan fingerprint density at radius 2 is 1.64 bits per heavy atom. The van der Waals surface area contributed by atoms with Gasteiger partial charge in [0.2, 0.25) is 0 Å². The summed E-state index contributed by atoms with van der Waals surface area (Å²) in [5.74, 6) is 1.33. The summed E-state index contributed by atoms with van der Waals surface area (Å²) in [6.07, 6.45) is -0.548. The van der Waals surface area contributed by atoms with Crippen molar-refractivity contribution in [2.45, 2.75) is 39.2 Å². The van der Waals surface area contributed by atoms with Crippen molar-refractivity contribution in [3.8, 4) is 11.5 Å². The Hall–Kier alpha value is -2.49. The van der Waals surface area contributed by atoms with Crippen LogP contribution in [0.5, 0.6) is 11.5 Å². The molecule has 4 heteroatoms. The van der Waals surface area contributed by atoms with E-state index in [4.69, 9.17) is 9.47 Å². The average Bonchev–Trinajstić information content (AvgIpc) is 2.59. The maximum atomic E-state index is 12.0. The molecular formula is C21H27NO3. The molecule has 25 heavy (non-hydrogen) atoms. The minimum Gasteiger partial charge on any atom is -0.492 e. The zero-order valence-corrected chi connectivity index (χ0v) is 15.4. The van der Waals surface area contributed by atoms with E-state index in [9.17, 15) is 4.79 Å². The second-order valence-electron chi connectivity index (χ2n) is 6.99. The number of hydrogen-bond donors (Lipinski definition) is 1. The zero-order chi connectivity index (χ0) is 18.3. The van der Waals surface area contributed by atoms with Crippen LogP contribution in [0.4, 0.5) is 0 Å². The van der Waals surface area contributed by atoms with Crippen molar-refractivity contribution >= 4 is 5.91 Å². The highest BCUT2D eigenvalue weighted by Gasteiger charge is 2.14. The van der Waals surface area contributed by atoms with Gasteiger partial charge in [-0.1, -0.05) is 51.1 Å². The van der Waals surface area contributed by atoms with Crippen molar-refractivity contribution in [1.29, 1.82) is 0 Å². The minimum absolute atomic E-state index is 0.126. The number of ether oxygens (including phenoxy) is 2. The summed E-state index contributed by atoms with van der Waals surface area (Å²) in [6, 6.07) is 17.4. The third kappa shape index (κ3) is 6.14. The van der Waals surface area contributed by atoms with Crippen LogP contribution in [-0.2, 0) is 10.2 Å². The van der Waals surface area contributed by atoms with Gasteiger partial charge in [-0.2, -0.15) is 0 Å². The van der Waals surface area contributed by atoms with E-state index in [0.717, 1.165) is 5.75 Å². The highest BCUT2D eigenvalue weighted by Crippen LogP contribution is 2.24. The number of carbonyl (C=O) groups is 1. The molecule has 0 aliphatic rings. The molecule has 0 aliphatic heterocycles. The van der Waals surface area contributed by atoms with Crippen LogP contribution in [0.2, 0.25) is 0 Å². The van der Waals surface area contributed by atoms with Crippen LogP contribution in [0.15, 0.2) is 54.6 Å². The molecule has 2 rings (SSSR count).